The number of nitrogens with one attached hydrogen (secondary N) is 1. The number of carboxylic acid groups (broad SMARTS) is 1. The molecule has 2 amide bonds. The molecule has 0 bridgehead atoms. The highest BCUT2D eigenvalue weighted by atomic mass is 16.4. The van der Waals surface area contributed by atoms with E-state index in [0.29, 0.717) is 38.9 Å². The molecule has 2 aliphatic rings. The first-order chi connectivity index (χ1) is 11.0. The fourth-order valence-corrected chi connectivity index (χ4v) is 3.55. The molecule has 0 aromatic carbocycles. The van der Waals surface area contributed by atoms with Gasteiger partial charge in [-0.1, -0.05) is 0 Å². The first-order valence-electron chi connectivity index (χ1n) is 7.79. The second kappa shape index (κ2) is 6.02. The standard InChI is InChI=1S/C15H20N4O4/c20-12-10-11(14(22)23)15(17-12)3-8-18(9-4-15)13(21)2-7-19-6-1-5-16-19/h1,5-6,11H,2-4,7-10H2,(H,17,20)(H,22,23). The van der Waals surface area contributed by atoms with Crippen molar-refractivity contribution >= 4 is 17.8 Å². The SMILES string of the molecule is O=C1CC(C(=O)O)C2(CCN(C(=O)CCn3cccn3)CC2)N1. The molecule has 8 heteroatoms. The lowest BCUT2D eigenvalue weighted by Gasteiger charge is -2.41. The van der Waals surface area contributed by atoms with Gasteiger partial charge in [-0.25, -0.2) is 0 Å². The number of aromatic nitrogens is 2. The van der Waals surface area contributed by atoms with E-state index in [1.807, 2.05) is 12.3 Å². The molecule has 0 aliphatic carbocycles. The number of likely N-dealkylation sites (tertiary alicyclic amines) is 1. The van der Waals surface area contributed by atoms with Gasteiger partial charge in [0.2, 0.25) is 11.8 Å². The van der Waals surface area contributed by atoms with Gasteiger partial charge in [0.1, 0.15) is 0 Å². The van der Waals surface area contributed by atoms with Crippen molar-refractivity contribution in [2.75, 3.05) is 13.1 Å². The second-order valence-electron chi connectivity index (χ2n) is 6.20. The Morgan fingerprint density at radius 3 is 2.74 bits per heavy atom. The third-order valence-electron chi connectivity index (χ3n) is 4.87. The molecule has 2 N–H and O–H groups in total. The summed E-state index contributed by atoms with van der Waals surface area (Å²) in [7, 11) is 0. The van der Waals surface area contributed by atoms with E-state index in [0.717, 1.165) is 0 Å². The Morgan fingerprint density at radius 2 is 2.13 bits per heavy atom. The maximum atomic E-state index is 12.3. The van der Waals surface area contributed by atoms with Gasteiger partial charge in [-0.2, -0.15) is 5.10 Å². The molecule has 1 aromatic rings. The summed E-state index contributed by atoms with van der Waals surface area (Å²) in [5.41, 5.74) is -0.693. The van der Waals surface area contributed by atoms with Crippen molar-refractivity contribution in [3.63, 3.8) is 0 Å². The average Bonchev–Trinajstić information content (AvgIpc) is 3.14. The number of hydrogen-bond acceptors (Lipinski definition) is 4. The van der Waals surface area contributed by atoms with Crippen molar-refractivity contribution in [3.05, 3.63) is 18.5 Å². The predicted molar refractivity (Wildman–Crippen MR) is 79.3 cm³/mol. The highest BCUT2D eigenvalue weighted by Crippen LogP contribution is 2.37. The Kier molecular flexibility index (Phi) is 4.06. The molecule has 0 radical (unpaired) electrons. The Hall–Kier alpha value is -2.38. The fraction of sp³-hybridized carbons (Fsp3) is 0.600. The zero-order valence-electron chi connectivity index (χ0n) is 12.8. The molecule has 23 heavy (non-hydrogen) atoms. The summed E-state index contributed by atoms with van der Waals surface area (Å²) >= 11 is 0. The van der Waals surface area contributed by atoms with E-state index in [1.165, 1.54) is 0 Å². The lowest BCUT2D eigenvalue weighted by Crippen LogP contribution is -2.56. The minimum Gasteiger partial charge on any atom is -0.481 e. The maximum Gasteiger partial charge on any atom is 0.309 e. The molecular formula is C15H20N4O4. The summed E-state index contributed by atoms with van der Waals surface area (Å²) in [5, 5.41) is 16.2. The van der Waals surface area contributed by atoms with Gasteiger partial charge in [0.25, 0.3) is 0 Å². The van der Waals surface area contributed by atoms with E-state index >= 15 is 0 Å². The van der Waals surface area contributed by atoms with Gasteiger partial charge in [-0.3, -0.25) is 19.1 Å². The number of rotatable bonds is 4. The van der Waals surface area contributed by atoms with Crippen molar-refractivity contribution in [2.24, 2.45) is 5.92 Å². The molecule has 1 aromatic heterocycles. The van der Waals surface area contributed by atoms with Crippen LogP contribution in [0.4, 0.5) is 0 Å². The van der Waals surface area contributed by atoms with Crippen molar-refractivity contribution < 1.29 is 19.5 Å². The van der Waals surface area contributed by atoms with Crippen LogP contribution < -0.4 is 5.32 Å². The van der Waals surface area contributed by atoms with Crippen LogP contribution in [-0.4, -0.2) is 56.2 Å². The molecule has 8 nitrogen and oxygen atoms in total. The molecule has 3 rings (SSSR count). The molecule has 0 saturated carbocycles. The number of nitrogens with zero attached hydrogens (tertiary/aromatic N) is 3. The first-order valence-corrected chi connectivity index (χ1v) is 7.79. The summed E-state index contributed by atoms with van der Waals surface area (Å²) in [6.07, 6.45) is 4.85. The third-order valence-corrected chi connectivity index (χ3v) is 4.87. The zero-order valence-corrected chi connectivity index (χ0v) is 12.8. The van der Waals surface area contributed by atoms with Gasteiger partial charge in [-0.15, -0.1) is 0 Å². The van der Waals surface area contributed by atoms with Gasteiger partial charge in [0.15, 0.2) is 0 Å². The molecular weight excluding hydrogens is 300 g/mol. The normalized spacial score (nSPS) is 23.0. The van der Waals surface area contributed by atoms with Crippen LogP contribution in [0.3, 0.4) is 0 Å². The van der Waals surface area contributed by atoms with Crippen LogP contribution in [0.15, 0.2) is 18.5 Å². The van der Waals surface area contributed by atoms with E-state index in [2.05, 4.69) is 10.4 Å². The molecule has 124 valence electrons. The number of carbonyl (C=O) groups excluding carboxylic acids is 2. The van der Waals surface area contributed by atoms with E-state index in [-0.39, 0.29) is 18.2 Å². The van der Waals surface area contributed by atoms with E-state index < -0.39 is 17.4 Å². The minimum absolute atomic E-state index is 0.0303. The highest BCUT2D eigenvalue weighted by Gasteiger charge is 2.51. The number of hydrogen-bond donors (Lipinski definition) is 2. The maximum absolute atomic E-state index is 12.3. The Morgan fingerprint density at radius 1 is 1.39 bits per heavy atom. The van der Waals surface area contributed by atoms with Crippen molar-refractivity contribution in [1.82, 2.24) is 20.0 Å². The number of carbonyl (C=O) groups is 3. The van der Waals surface area contributed by atoms with Gasteiger partial charge < -0.3 is 15.3 Å². The van der Waals surface area contributed by atoms with Crippen LogP contribution >= 0.6 is 0 Å². The van der Waals surface area contributed by atoms with E-state index in [4.69, 9.17) is 0 Å². The summed E-state index contributed by atoms with van der Waals surface area (Å²) in [5.74, 6) is -1.82. The van der Waals surface area contributed by atoms with E-state index in [1.54, 1.807) is 15.8 Å². The Labute approximate surface area is 133 Å². The van der Waals surface area contributed by atoms with Gasteiger partial charge >= 0.3 is 5.97 Å². The summed E-state index contributed by atoms with van der Waals surface area (Å²) in [6, 6.07) is 1.81. The molecule has 2 fully saturated rings. The zero-order chi connectivity index (χ0) is 16.4. The first kappa shape index (κ1) is 15.5. The smallest absolute Gasteiger partial charge is 0.309 e. The largest absolute Gasteiger partial charge is 0.481 e. The molecule has 1 spiro atoms. The monoisotopic (exact) mass is 320 g/mol. The Balaban J connectivity index is 1.56. The number of aryl methyl sites for hydroxylation is 1. The van der Waals surface area contributed by atoms with Crippen LogP contribution in [-0.2, 0) is 20.9 Å². The molecule has 1 atom stereocenters. The predicted octanol–water partition coefficient (Wildman–Crippen LogP) is -0.145. The van der Waals surface area contributed by atoms with Crippen molar-refractivity contribution in [2.45, 2.75) is 37.8 Å². The quantitative estimate of drug-likeness (QED) is 0.803. The topological polar surface area (TPSA) is 105 Å². The van der Waals surface area contributed by atoms with Gasteiger partial charge in [0.05, 0.1) is 11.5 Å². The minimum atomic E-state index is -0.943. The lowest BCUT2D eigenvalue weighted by atomic mass is 9.77. The van der Waals surface area contributed by atoms with Crippen LogP contribution in [0.25, 0.3) is 0 Å². The van der Waals surface area contributed by atoms with Crippen LogP contribution in [0.1, 0.15) is 25.7 Å². The molecule has 3 heterocycles. The summed E-state index contributed by atoms with van der Waals surface area (Å²) < 4.78 is 1.71. The summed E-state index contributed by atoms with van der Waals surface area (Å²) in [6.45, 7) is 1.48. The Bertz CT molecular complexity index is 605. The average molecular weight is 320 g/mol. The molecule has 2 saturated heterocycles. The summed E-state index contributed by atoms with van der Waals surface area (Å²) in [4.78, 5) is 37.0. The van der Waals surface area contributed by atoms with Crippen molar-refractivity contribution in [1.29, 1.82) is 0 Å². The van der Waals surface area contributed by atoms with E-state index in [9.17, 15) is 19.5 Å². The van der Waals surface area contributed by atoms with Gasteiger partial charge in [0, 0.05) is 44.9 Å². The second-order valence-corrected chi connectivity index (χ2v) is 6.20. The number of aliphatic carboxylic acids is 1. The molecule has 2 aliphatic heterocycles. The molecule has 1 unspecified atom stereocenters. The van der Waals surface area contributed by atoms with Crippen LogP contribution in [0.2, 0.25) is 0 Å². The number of amides is 2. The highest BCUT2D eigenvalue weighted by molar-refractivity contribution is 5.88. The van der Waals surface area contributed by atoms with Crippen molar-refractivity contribution in [3.8, 4) is 0 Å². The van der Waals surface area contributed by atoms with Gasteiger partial charge in [-0.05, 0) is 18.9 Å². The number of carboxylic acids is 1. The fourth-order valence-electron chi connectivity index (χ4n) is 3.55. The van der Waals surface area contributed by atoms with Crippen LogP contribution in [0, 0.1) is 5.92 Å². The lowest BCUT2D eigenvalue weighted by molar-refractivity contribution is -0.145. The third kappa shape index (κ3) is 3.06. The van der Waals surface area contributed by atoms with Crippen LogP contribution in [0.5, 0.6) is 0 Å². The number of piperidine rings is 1.